The van der Waals surface area contributed by atoms with Crippen LogP contribution in [-0.2, 0) is 30.4 Å². The molecule has 11 atom stereocenters. The van der Waals surface area contributed by atoms with Crippen molar-refractivity contribution in [2.75, 3.05) is 26.2 Å². The number of fused-ring (bicyclic) bond motifs is 11. The van der Waals surface area contributed by atoms with Crippen molar-refractivity contribution in [3.63, 3.8) is 0 Å². The SMILES string of the molecule is CC(=O)OC1CCC2(C)C(CCC3(C)C2C(=O)C=C2C4CC(C)(C(=O)OCCN5CC6CC(C5)c5cccc(=O)n5C6)CCC4(C)CCC23C)C1(C)C. The molecule has 0 N–H and O–H groups in total. The quantitative estimate of drug-likeness (QED) is 0.287. The molecular weight excluding hydrogens is 665 g/mol. The minimum atomic E-state index is -0.592. The summed E-state index contributed by atoms with van der Waals surface area (Å²) >= 11 is 0. The number of aromatic nitrogens is 1. The molecule has 53 heavy (non-hydrogen) atoms. The molecule has 2 bridgehead atoms. The third kappa shape index (κ3) is 5.51. The van der Waals surface area contributed by atoms with Crippen LogP contribution in [0.25, 0.3) is 0 Å². The van der Waals surface area contributed by atoms with Crippen molar-refractivity contribution in [2.24, 2.45) is 56.2 Å². The highest BCUT2D eigenvalue weighted by Gasteiger charge is 2.70. The Morgan fingerprint density at radius 1 is 0.887 bits per heavy atom. The lowest BCUT2D eigenvalue weighted by Gasteiger charge is -2.70. The molecule has 3 heterocycles. The van der Waals surface area contributed by atoms with Crippen molar-refractivity contribution in [3.05, 3.63) is 45.9 Å². The molecule has 5 fully saturated rings. The Morgan fingerprint density at radius 2 is 1.64 bits per heavy atom. The van der Waals surface area contributed by atoms with Crippen LogP contribution in [0.15, 0.2) is 34.6 Å². The van der Waals surface area contributed by atoms with Gasteiger partial charge in [0.05, 0.1) is 5.41 Å². The lowest BCUT2D eigenvalue weighted by molar-refractivity contribution is -0.210. The topological polar surface area (TPSA) is 94.9 Å². The lowest BCUT2D eigenvalue weighted by atomic mass is 9.33. The zero-order valence-corrected chi connectivity index (χ0v) is 33.7. The summed E-state index contributed by atoms with van der Waals surface area (Å²) in [7, 11) is 0. The van der Waals surface area contributed by atoms with Crippen LogP contribution in [0.5, 0.6) is 0 Å². The summed E-state index contributed by atoms with van der Waals surface area (Å²) in [6.45, 7) is 21.5. The number of carbonyl (C=O) groups is 3. The van der Waals surface area contributed by atoms with Crippen LogP contribution in [0.4, 0.5) is 0 Å². The molecule has 7 aliphatic rings. The molecule has 4 saturated carbocycles. The average molecular weight is 729 g/mol. The standard InChI is InChI=1S/C45H64N2O6/c1-28(48)53-36-13-14-43(6)35(40(36,2)3)12-15-45(8)38(43)34(49)23-31-32-24-42(5,17-16-41(32,4)18-19-44(31,45)7)39(51)52-21-20-46-25-29-22-30(27-46)33-10-9-11-37(50)47(33)26-29/h9-11,23,29-30,32,35-36,38H,12-22,24-27H2,1-8H3. The van der Waals surface area contributed by atoms with Gasteiger partial charge in [-0.05, 0) is 123 Å². The average Bonchev–Trinajstić information content (AvgIpc) is 3.08. The van der Waals surface area contributed by atoms with E-state index < -0.39 is 5.41 Å². The zero-order valence-electron chi connectivity index (χ0n) is 33.7. The van der Waals surface area contributed by atoms with Crippen LogP contribution in [0.1, 0.15) is 131 Å². The van der Waals surface area contributed by atoms with Crippen LogP contribution < -0.4 is 5.56 Å². The van der Waals surface area contributed by atoms with Crippen molar-refractivity contribution in [3.8, 4) is 0 Å². The highest BCUT2D eigenvalue weighted by atomic mass is 16.5. The van der Waals surface area contributed by atoms with Gasteiger partial charge in [-0.25, -0.2) is 0 Å². The Bertz CT molecular complexity index is 1800. The van der Waals surface area contributed by atoms with Gasteiger partial charge < -0.3 is 14.0 Å². The van der Waals surface area contributed by atoms with Crippen LogP contribution in [0, 0.1) is 56.2 Å². The fraction of sp³-hybridized carbons (Fsp3) is 0.778. The first kappa shape index (κ1) is 37.2. The molecule has 8 heteroatoms. The Hall–Kier alpha value is -2.74. The van der Waals surface area contributed by atoms with E-state index in [0.717, 1.165) is 89.5 Å². The molecule has 11 unspecified atom stereocenters. The number of nitrogens with zero attached hydrogens (tertiary/aromatic N) is 2. The van der Waals surface area contributed by atoms with E-state index in [2.05, 4.69) is 65.5 Å². The van der Waals surface area contributed by atoms with E-state index in [1.54, 1.807) is 6.07 Å². The number of rotatable bonds is 5. The van der Waals surface area contributed by atoms with Gasteiger partial charge in [-0.3, -0.25) is 24.1 Å². The second-order valence-electron chi connectivity index (χ2n) is 20.8. The van der Waals surface area contributed by atoms with Crippen molar-refractivity contribution < 1.29 is 23.9 Å². The van der Waals surface area contributed by atoms with E-state index in [4.69, 9.17) is 9.47 Å². The zero-order chi connectivity index (χ0) is 37.9. The normalized spacial score (nSPS) is 44.2. The van der Waals surface area contributed by atoms with Gasteiger partial charge in [0.25, 0.3) is 5.56 Å². The van der Waals surface area contributed by atoms with Gasteiger partial charge in [-0.2, -0.15) is 0 Å². The maximum Gasteiger partial charge on any atom is 0.311 e. The summed E-state index contributed by atoms with van der Waals surface area (Å²) in [6, 6.07) is 5.64. The maximum atomic E-state index is 14.8. The largest absolute Gasteiger partial charge is 0.464 e. The number of allylic oxidation sites excluding steroid dienone is 2. The van der Waals surface area contributed by atoms with Crippen molar-refractivity contribution >= 4 is 17.7 Å². The van der Waals surface area contributed by atoms with E-state index >= 15 is 0 Å². The minimum Gasteiger partial charge on any atom is -0.464 e. The third-order valence-electron chi connectivity index (χ3n) is 17.5. The summed E-state index contributed by atoms with van der Waals surface area (Å²) < 4.78 is 14.0. The molecule has 1 saturated heterocycles. The first-order valence-electron chi connectivity index (χ1n) is 20.9. The number of hydrogen-bond donors (Lipinski definition) is 0. The first-order valence-corrected chi connectivity index (χ1v) is 20.9. The van der Waals surface area contributed by atoms with Crippen molar-refractivity contribution in [1.29, 1.82) is 0 Å². The van der Waals surface area contributed by atoms with Gasteiger partial charge in [0, 0.05) is 62.1 Å². The number of ether oxygens (including phenoxy) is 2. The molecule has 1 aromatic rings. The van der Waals surface area contributed by atoms with E-state index in [-0.39, 0.29) is 68.3 Å². The van der Waals surface area contributed by atoms with E-state index in [1.165, 1.54) is 12.5 Å². The number of hydrogen-bond acceptors (Lipinski definition) is 7. The van der Waals surface area contributed by atoms with E-state index in [9.17, 15) is 19.2 Å². The van der Waals surface area contributed by atoms with Gasteiger partial charge in [0.1, 0.15) is 12.7 Å². The fourth-order valence-electron chi connectivity index (χ4n) is 14.4. The molecule has 290 valence electrons. The molecular formula is C45H64N2O6. The number of esters is 2. The number of ketones is 1. The molecule has 8 rings (SSSR count). The molecule has 2 aliphatic heterocycles. The van der Waals surface area contributed by atoms with E-state index in [0.29, 0.717) is 30.9 Å². The van der Waals surface area contributed by atoms with Gasteiger partial charge in [-0.15, -0.1) is 0 Å². The Balaban J connectivity index is 0.990. The molecule has 1 aromatic heterocycles. The number of carbonyl (C=O) groups excluding carboxylic acids is 3. The highest BCUT2D eigenvalue weighted by Crippen LogP contribution is 2.75. The number of pyridine rings is 1. The maximum absolute atomic E-state index is 14.8. The highest BCUT2D eigenvalue weighted by molar-refractivity contribution is 5.95. The van der Waals surface area contributed by atoms with Crippen LogP contribution in [0.3, 0.4) is 0 Å². The van der Waals surface area contributed by atoms with Crippen LogP contribution in [-0.4, -0.2) is 59.5 Å². The van der Waals surface area contributed by atoms with Crippen molar-refractivity contribution in [1.82, 2.24) is 9.47 Å². The van der Waals surface area contributed by atoms with Crippen LogP contribution in [0.2, 0.25) is 0 Å². The van der Waals surface area contributed by atoms with E-state index in [1.807, 2.05) is 10.6 Å². The second kappa shape index (κ2) is 12.4. The Kier molecular flexibility index (Phi) is 8.69. The molecule has 0 spiro atoms. The molecule has 0 aromatic carbocycles. The van der Waals surface area contributed by atoms with Crippen LogP contribution >= 0.6 is 0 Å². The summed E-state index contributed by atoms with van der Waals surface area (Å²) in [5.74, 6) is 1.15. The van der Waals surface area contributed by atoms with Gasteiger partial charge >= 0.3 is 11.9 Å². The summed E-state index contributed by atoms with van der Waals surface area (Å²) in [5, 5.41) is 0. The predicted molar refractivity (Wildman–Crippen MR) is 204 cm³/mol. The fourth-order valence-corrected chi connectivity index (χ4v) is 14.4. The first-order chi connectivity index (χ1) is 24.8. The molecule has 0 amide bonds. The molecule has 5 aliphatic carbocycles. The number of likely N-dealkylation sites (tertiary alicyclic amines) is 1. The van der Waals surface area contributed by atoms with Crippen molar-refractivity contribution in [2.45, 2.75) is 138 Å². The van der Waals surface area contributed by atoms with Gasteiger partial charge in [0.2, 0.25) is 0 Å². The molecule has 0 radical (unpaired) electrons. The minimum absolute atomic E-state index is 0.0592. The second-order valence-corrected chi connectivity index (χ2v) is 20.8. The predicted octanol–water partition coefficient (Wildman–Crippen LogP) is 7.72. The molecule has 8 nitrogen and oxygen atoms in total. The Labute approximate surface area is 316 Å². The summed E-state index contributed by atoms with van der Waals surface area (Å²) in [4.78, 5) is 55.9. The Morgan fingerprint density at radius 3 is 2.40 bits per heavy atom. The summed E-state index contributed by atoms with van der Waals surface area (Å²) in [5.41, 5.74) is 1.33. The monoisotopic (exact) mass is 728 g/mol. The van der Waals surface area contributed by atoms with Gasteiger partial charge in [-0.1, -0.05) is 53.2 Å². The summed E-state index contributed by atoms with van der Waals surface area (Å²) in [6.07, 6.45) is 11.5. The number of piperidine rings is 1. The lowest BCUT2D eigenvalue weighted by Crippen LogP contribution is -2.66. The smallest absolute Gasteiger partial charge is 0.311 e. The van der Waals surface area contributed by atoms with Gasteiger partial charge in [0.15, 0.2) is 5.78 Å². The third-order valence-corrected chi connectivity index (χ3v) is 17.5.